The van der Waals surface area contributed by atoms with Crippen molar-refractivity contribution in [3.63, 3.8) is 0 Å². The van der Waals surface area contributed by atoms with Crippen molar-refractivity contribution in [1.82, 2.24) is 0 Å². The predicted molar refractivity (Wildman–Crippen MR) is 103 cm³/mol. The first kappa shape index (κ1) is 20.9. The molecule has 0 amide bonds. The van der Waals surface area contributed by atoms with Gasteiger partial charge in [0.05, 0.1) is 35.3 Å². The minimum Gasteiger partial charge on any atom is -0.465 e. The number of esters is 1. The van der Waals surface area contributed by atoms with Gasteiger partial charge in [-0.3, -0.25) is 4.31 Å². The highest BCUT2D eigenvalue weighted by atomic mass is 32.2. The van der Waals surface area contributed by atoms with Gasteiger partial charge in [-0.25, -0.2) is 21.6 Å². The Kier molecular flexibility index (Phi) is 6.61. The fourth-order valence-corrected chi connectivity index (χ4v) is 4.79. The molecule has 0 saturated heterocycles. The molecular formula is C18H21NO6S2. The van der Waals surface area contributed by atoms with Crippen LogP contribution in [0, 0.1) is 0 Å². The van der Waals surface area contributed by atoms with Gasteiger partial charge in [-0.05, 0) is 42.8 Å². The van der Waals surface area contributed by atoms with Crippen molar-refractivity contribution in [3.05, 3.63) is 60.2 Å². The highest BCUT2D eigenvalue weighted by Crippen LogP contribution is 2.20. The van der Waals surface area contributed by atoms with Gasteiger partial charge in [0.25, 0.3) is 0 Å². The Bertz CT molecular complexity index is 984. The number of nitrogens with zero attached hydrogens (tertiary/aromatic N) is 1. The molecule has 9 heteroatoms. The first-order valence-corrected chi connectivity index (χ1v) is 11.6. The lowest BCUT2D eigenvalue weighted by Gasteiger charge is -2.22. The lowest BCUT2D eigenvalue weighted by Crippen LogP contribution is -2.32. The molecule has 0 bridgehead atoms. The molecule has 0 unspecified atom stereocenters. The van der Waals surface area contributed by atoms with E-state index in [1.165, 1.54) is 43.5 Å². The summed E-state index contributed by atoms with van der Waals surface area (Å²) in [5.74, 6) is -0.704. The molecule has 27 heavy (non-hydrogen) atoms. The Morgan fingerprint density at radius 1 is 0.963 bits per heavy atom. The number of methoxy groups -OCH3 is 1. The van der Waals surface area contributed by atoms with Crippen molar-refractivity contribution in [1.29, 1.82) is 0 Å². The zero-order chi connectivity index (χ0) is 20.1. The maximum absolute atomic E-state index is 12.3. The second-order valence-corrected chi connectivity index (χ2v) is 9.88. The molecule has 0 N–H and O–H groups in total. The minimum atomic E-state index is -3.62. The standard InChI is InChI=1S/C18H21NO6S2/c1-25-18(20)15-9-11-16(12-10-15)19(26(2,21)22)13-6-14-27(23,24)17-7-4-3-5-8-17/h3-5,7-12H,6,13-14H2,1-2H3. The summed E-state index contributed by atoms with van der Waals surface area (Å²) in [6.45, 7) is 0.00245. The van der Waals surface area contributed by atoms with Gasteiger partial charge in [0.1, 0.15) is 0 Å². The summed E-state index contributed by atoms with van der Waals surface area (Å²) in [7, 11) is -5.85. The van der Waals surface area contributed by atoms with Gasteiger partial charge in [-0.15, -0.1) is 0 Å². The first-order chi connectivity index (χ1) is 12.6. The number of carbonyl (C=O) groups excluding carboxylic acids is 1. The van der Waals surface area contributed by atoms with Crippen LogP contribution in [-0.2, 0) is 24.6 Å². The van der Waals surface area contributed by atoms with E-state index in [-0.39, 0.29) is 23.6 Å². The average molecular weight is 412 g/mol. The number of hydrogen-bond donors (Lipinski definition) is 0. The largest absolute Gasteiger partial charge is 0.465 e. The summed E-state index contributed by atoms with van der Waals surface area (Å²) in [4.78, 5) is 11.7. The van der Waals surface area contributed by atoms with Gasteiger partial charge < -0.3 is 4.74 Å². The molecule has 7 nitrogen and oxygen atoms in total. The van der Waals surface area contributed by atoms with Crippen molar-refractivity contribution in [2.45, 2.75) is 11.3 Å². The van der Waals surface area contributed by atoms with E-state index < -0.39 is 25.8 Å². The summed E-state index contributed by atoms with van der Waals surface area (Å²) >= 11 is 0. The summed E-state index contributed by atoms with van der Waals surface area (Å²) in [6, 6.07) is 13.9. The molecule has 2 aromatic rings. The number of benzene rings is 2. The van der Waals surface area contributed by atoms with Crippen LogP contribution in [0.4, 0.5) is 5.69 Å². The molecule has 0 fully saturated rings. The third-order valence-corrected chi connectivity index (χ3v) is 6.86. The molecule has 2 aromatic carbocycles. The maximum Gasteiger partial charge on any atom is 0.337 e. The monoisotopic (exact) mass is 411 g/mol. The lowest BCUT2D eigenvalue weighted by atomic mass is 10.2. The van der Waals surface area contributed by atoms with E-state index in [4.69, 9.17) is 0 Å². The normalized spacial score (nSPS) is 11.8. The summed E-state index contributed by atoms with van der Waals surface area (Å²) in [5, 5.41) is 0. The van der Waals surface area contributed by atoms with Gasteiger partial charge in [0.2, 0.25) is 10.0 Å². The van der Waals surface area contributed by atoms with Crippen LogP contribution in [-0.4, -0.2) is 48.5 Å². The number of ether oxygens (including phenoxy) is 1. The molecule has 0 spiro atoms. The maximum atomic E-state index is 12.3. The summed E-state index contributed by atoms with van der Waals surface area (Å²) in [6.07, 6.45) is 1.18. The van der Waals surface area contributed by atoms with E-state index in [0.29, 0.717) is 11.3 Å². The molecule has 0 aliphatic heterocycles. The van der Waals surface area contributed by atoms with Gasteiger partial charge >= 0.3 is 5.97 Å². The highest BCUT2D eigenvalue weighted by Gasteiger charge is 2.20. The Labute approximate surface area is 159 Å². The molecule has 0 aliphatic rings. The van der Waals surface area contributed by atoms with Gasteiger partial charge in [-0.2, -0.15) is 0 Å². The van der Waals surface area contributed by atoms with Crippen LogP contribution in [0.5, 0.6) is 0 Å². The molecule has 0 heterocycles. The van der Waals surface area contributed by atoms with E-state index in [1.54, 1.807) is 18.2 Å². The minimum absolute atomic E-state index is 0.00245. The van der Waals surface area contributed by atoms with Crippen LogP contribution in [0.1, 0.15) is 16.8 Å². The molecule has 0 radical (unpaired) electrons. The van der Waals surface area contributed by atoms with Gasteiger partial charge in [0.15, 0.2) is 9.84 Å². The number of hydrogen-bond acceptors (Lipinski definition) is 6. The fourth-order valence-electron chi connectivity index (χ4n) is 2.51. The van der Waals surface area contributed by atoms with Crippen LogP contribution in [0.15, 0.2) is 59.5 Å². The second-order valence-electron chi connectivity index (χ2n) is 5.86. The zero-order valence-corrected chi connectivity index (χ0v) is 16.7. The quantitative estimate of drug-likeness (QED) is 0.617. The van der Waals surface area contributed by atoms with Crippen molar-refractivity contribution < 1.29 is 26.4 Å². The first-order valence-electron chi connectivity index (χ1n) is 8.09. The molecular weight excluding hydrogens is 390 g/mol. The second kappa shape index (κ2) is 8.53. The van der Waals surface area contributed by atoms with Crippen LogP contribution in [0.3, 0.4) is 0 Å². The fraction of sp³-hybridized carbons (Fsp3) is 0.278. The molecule has 0 saturated carbocycles. The summed E-state index contributed by atoms with van der Waals surface area (Å²) in [5.41, 5.74) is 0.642. The molecule has 0 atom stereocenters. The van der Waals surface area contributed by atoms with Crippen LogP contribution in [0.25, 0.3) is 0 Å². The third kappa shape index (κ3) is 5.54. The van der Waals surface area contributed by atoms with E-state index in [9.17, 15) is 21.6 Å². The van der Waals surface area contributed by atoms with Crippen LogP contribution < -0.4 is 4.31 Å². The zero-order valence-electron chi connectivity index (χ0n) is 15.0. The Balaban J connectivity index is 2.13. The van der Waals surface area contributed by atoms with Crippen molar-refractivity contribution >= 4 is 31.5 Å². The SMILES string of the molecule is COC(=O)c1ccc(N(CCCS(=O)(=O)c2ccccc2)S(C)(=O)=O)cc1. The molecule has 146 valence electrons. The average Bonchev–Trinajstić information content (AvgIpc) is 2.64. The van der Waals surface area contributed by atoms with Crippen LogP contribution >= 0.6 is 0 Å². The molecule has 2 rings (SSSR count). The molecule has 0 aliphatic carbocycles. The third-order valence-electron chi connectivity index (χ3n) is 3.85. The van der Waals surface area contributed by atoms with Crippen molar-refractivity contribution in [2.75, 3.05) is 30.0 Å². The Hall–Kier alpha value is -2.39. The van der Waals surface area contributed by atoms with Crippen molar-refractivity contribution in [2.24, 2.45) is 0 Å². The number of sulfonamides is 1. The number of anilines is 1. The smallest absolute Gasteiger partial charge is 0.337 e. The number of carbonyl (C=O) groups is 1. The van der Waals surface area contributed by atoms with E-state index in [2.05, 4.69) is 4.74 Å². The Morgan fingerprint density at radius 3 is 2.07 bits per heavy atom. The van der Waals surface area contributed by atoms with Crippen LogP contribution in [0.2, 0.25) is 0 Å². The topological polar surface area (TPSA) is 97.8 Å². The lowest BCUT2D eigenvalue weighted by molar-refractivity contribution is 0.0600. The van der Waals surface area contributed by atoms with Crippen molar-refractivity contribution in [3.8, 4) is 0 Å². The number of sulfone groups is 1. The van der Waals surface area contributed by atoms with Gasteiger partial charge in [-0.1, -0.05) is 18.2 Å². The predicted octanol–water partition coefficient (Wildman–Crippen LogP) is 2.10. The van der Waals surface area contributed by atoms with Gasteiger partial charge in [0, 0.05) is 6.54 Å². The summed E-state index contributed by atoms with van der Waals surface area (Å²) < 4.78 is 54.6. The highest BCUT2D eigenvalue weighted by molar-refractivity contribution is 7.92. The number of rotatable bonds is 8. The Morgan fingerprint density at radius 2 is 1.56 bits per heavy atom. The van der Waals surface area contributed by atoms with E-state index in [1.807, 2.05) is 0 Å². The van der Waals surface area contributed by atoms with E-state index in [0.717, 1.165) is 10.6 Å². The molecule has 0 aromatic heterocycles. The van der Waals surface area contributed by atoms with E-state index >= 15 is 0 Å².